The Morgan fingerprint density at radius 1 is 1.20 bits per heavy atom. The third kappa shape index (κ3) is 3.08. The van der Waals surface area contributed by atoms with Crippen LogP contribution in [0, 0.1) is 5.82 Å². The van der Waals surface area contributed by atoms with Crippen LogP contribution in [0.2, 0.25) is 0 Å². The van der Waals surface area contributed by atoms with Crippen molar-refractivity contribution in [1.82, 2.24) is 5.32 Å². The number of nitrogen functional groups attached to an aromatic ring is 1. The lowest BCUT2D eigenvalue weighted by Crippen LogP contribution is -2.18. The Morgan fingerprint density at radius 3 is 2.60 bits per heavy atom. The Bertz CT molecular complexity index is 661. The second kappa shape index (κ2) is 5.92. The van der Waals surface area contributed by atoms with Gasteiger partial charge in [-0.15, -0.1) is 0 Å². The molecule has 0 spiro atoms. The monoisotopic (exact) mass is 337 g/mol. The van der Waals surface area contributed by atoms with Gasteiger partial charge in [0.2, 0.25) is 0 Å². The number of nitrogens with two attached hydrogens (primary N) is 1. The molecule has 2 aromatic rings. The van der Waals surface area contributed by atoms with Crippen LogP contribution in [0.3, 0.4) is 0 Å². The van der Waals surface area contributed by atoms with Crippen LogP contribution in [0.15, 0.2) is 40.9 Å². The van der Waals surface area contributed by atoms with E-state index in [0.29, 0.717) is 22.6 Å². The minimum atomic E-state index is -0.386. The molecule has 6 heteroatoms. The minimum Gasteiger partial charge on any atom is -0.397 e. The van der Waals surface area contributed by atoms with Gasteiger partial charge in [0.1, 0.15) is 5.82 Å². The summed E-state index contributed by atoms with van der Waals surface area (Å²) in [5, 5.41) is 5.42. The van der Waals surface area contributed by atoms with E-state index in [4.69, 9.17) is 5.73 Å². The summed E-state index contributed by atoms with van der Waals surface area (Å²) in [4.78, 5) is 11.5. The summed E-state index contributed by atoms with van der Waals surface area (Å²) in [6.45, 7) is 0. The normalized spacial score (nSPS) is 10.2. The average molecular weight is 338 g/mol. The van der Waals surface area contributed by atoms with Gasteiger partial charge in [-0.2, -0.15) is 0 Å². The maximum absolute atomic E-state index is 13.7. The van der Waals surface area contributed by atoms with Crippen molar-refractivity contribution in [2.75, 3.05) is 18.1 Å². The van der Waals surface area contributed by atoms with E-state index in [-0.39, 0.29) is 11.7 Å². The van der Waals surface area contributed by atoms with E-state index in [0.717, 1.165) is 4.47 Å². The fourth-order valence-electron chi connectivity index (χ4n) is 1.70. The zero-order chi connectivity index (χ0) is 14.7. The zero-order valence-electron chi connectivity index (χ0n) is 10.7. The molecule has 2 aromatic carbocycles. The third-order valence-corrected chi connectivity index (χ3v) is 3.23. The van der Waals surface area contributed by atoms with Crippen molar-refractivity contribution < 1.29 is 9.18 Å². The number of nitrogens with one attached hydrogen (secondary N) is 2. The Kier molecular flexibility index (Phi) is 4.24. The van der Waals surface area contributed by atoms with Crippen molar-refractivity contribution in [3.05, 3.63) is 52.3 Å². The molecular formula is C14H13BrFN3O. The van der Waals surface area contributed by atoms with E-state index in [2.05, 4.69) is 26.6 Å². The number of hydrogen-bond acceptors (Lipinski definition) is 3. The smallest absolute Gasteiger partial charge is 0.251 e. The predicted molar refractivity (Wildman–Crippen MR) is 81.6 cm³/mol. The van der Waals surface area contributed by atoms with Crippen molar-refractivity contribution in [3.8, 4) is 0 Å². The largest absolute Gasteiger partial charge is 0.397 e. The molecule has 0 radical (unpaired) electrons. The molecule has 0 bridgehead atoms. The first kappa shape index (κ1) is 14.3. The lowest BCUT2D eigenvalue weighted by atomic mass is 10.1. The van der Waals surface area contributed by atoms with Crippen LogP contribution in [0.1, 0.15) is 10.4 Å². The maximum atomic E-state index is 13.7. The number of hydrogen-bond donors (Lipinski definition) is 3. The predicted octanol–water partition coefficient (Wildman–Crippen LogP) is 3.27. The molecule has 2 rings (SSSR count). The van der Waals surface area contributed by atoms with Crippen molar-refractivity contribution in [1.29, 1.82) is 0 Å². The molecule has 0 unspecified atom stereocenters. The molecule has 0 aliphatic rings. The molecule has 0 aromatic heterocycles. The van der Waals surface area contributed by atoms with E-state index >= 15 is 0 Å². The second-order valence-electron chi connectivity index (χ2n) is 4.13. The molecule has 0 atom stereocenters. The summed E-state index contributed by atoms with van der Waals surface area (Å²) in [7, 11) is 1.54. The Labute approximate surface area is 124 Å². The van der Waals surface area contributed by atoms with Crippen molar-refractivity contribution >= 4 is 38.9 Å². The number of benzene rings is 2. The highest BCUT2D eigenvalue weighted by atomic mass is 79.9. The number of carbonyl (C=O) groups excluding carboxylic acids is 1. The number of carbonyl (C=O) groups is 1. The molecule has 0 saturated heterocycles. The van der Waals surface area contributed by atoms with Gasteiger partial charge < -0.3 is 16.4 Å². The quantitative estimate of drug-likeness (QED) is 0.753. The van der Waals surface area contributed by atoms with Crippen LogP contribution in [0.4, 0.5) is 21.5 Å². The zero-order valence-corrected chi connectivity index (χ0v) is 12.3. The van der Waals surface area contributed by atoms with Crippen molar-refractivity contribution in [3.63, 3.8) is 0 Å². The number of anilines is 3. The summed E-state index contributed by atoms with van der Waals surface area (Å²) >= 11 is 3.28. The summed E-state index contributed by atoms with van der Waals surface area (Å²) in [6, 6.07) is 9.37. The molecule has 0 aliphatic heterocycles. The minimum absolute atomic E-state index is 0.225. The van der Waals surface area contributed by atoms with Gasteiger partial charge in [0.15, 0.2) is 0 Å². The Balaban J connectivity index is 2.30. The van der Waals surface area contributed by atoms with Gasteiger partial charge in [-0.3, -0.25) is 4.79 Å². The fraction of sp³-hybridized carbons (Fsp3) is 0.0714. The second-order valence-corrected chi connectivity index (χ2v) is 5.05. The molecule has 20 heavy (non-hydrogen) atoms. The molecule has 4 nitrogen and oxygen atoms in total. The van der Waals surface area contributed by atoms with Gasteiger partial charge in [-0.05, 0) is 36.4 Å². The van der Waals surface area contributed by atoms with E-state index in [1.165, 1.54) is 12.1 Å². The molecule has 1 amide bonds. The van der Waals surface area contributed by atoms with Gasteiger partial charge in [-0.1, -0.05) is 15.9 Å². The SMILES string of the molecule is CNC(=O)c1ccc(Nc2cc(Br)ccc2F)c(N)c1. The first-order chi connectivity index (χ1) is 9.51. The van der Waals surface area contributed by atoms with Crippen LogP contribution < -0.4 is 16.4 Å². The van der Waals surface area contributed by atoms with E-state index < -0.39 is 0 Å². The molecule has 0 aliphatic carbocycles. The molecular weight excluding hydrogens is 325 g/mol. The highest BCUT2D eigenvalue weighted by Gasteiger charge is 2.09. The van der Waals surface area contributed by atoms with Gasteiger partial charge >= 0.3 is 0 Å². The van der Waals surface area contributed by atoms with Gasteiger partial charge in [0.05, 0.1) is 17.1 Å². The lowest BCUT2D eigenvalue weighted by molar-refractivity contribution is 0.0963. The van der Waals surface area contributed by atoms with E-state index in [9.17, 15) is 9.18 Å². The lowest BCUT2D eigenvalue weighted by Gasteiger charge is -2.11. The first-order valence-electron chi connectivity index (χ1n) is 5.85. The summed E-state index contributed by atoms with van der Waals surface area (Å²) in [5.74, 6) is -0.611. The maximum Gasteiger partial charge on any atom is 0.251 e. The topological polar surface area (TPSA) is 67.2 Å². The molecule has 0 saturated carbocycles. The van der Waals surface area contributed by atoms with E-state index in [1.807, 2.05) is 0 Å². The molecule has 4 N–H and O–H groups in total. The number of rotatable bonds is 3. The standard InChI is InChI=1S/C14H13BrFN3O/c1-18-14(20)8-2-5-12(11(17)6-8)19-13-7-9(15)3-4-10(13)16/h2-7,19H,17H2,1H3,(H,18,20). The summed E-state index contributed by atoms with van der Waals surface area (Å²) < 4.78 is 14.4. The summed E-state index contributed by atoms with van der Waals surface area (Å²) in [6.07, 6.45) is 0. The average Bonchev–Trinajstić information content (AvgIpc) is 2.44. The van der Waals surface area contributed by atoms with Gasteiger partial charge in [-0.25, -0.2) is 4.39 Å². The van der Waals surface area contributed by atoms with Gasteiger partial charge in [0, 0.05) is 17.1 Å². The molecule has 0 heterocycles. The Morgan fingerprint density at radius 2 is 1.95 bits per heavy atom. The highest BCUT2D eigenvalue weighted by molar-refractivity contribution is 9.10. The van der Waals surface area contributed by atoms with Crippen molar-refractivity contribution in [2.45, 2.75) is 0 Å². The molecule has 0 fully saturated rings. The third-order valence-electron chi connectivity index (χ3n) is 2.74. The van der Waals surface area contributed by atoms with Gasteiger partial charge in [0.25, 0.3) is 5.91 Å². The van der Waals surface area contributed by atoms with Crippen LogP contribution in [0.5, 0.6) is 0 Å². The number of amides is 1. The van der Waals surface area contributed by atoms with Crippen LogP contribution >= 0.6 is 15.9 Å². The number of halogens is 2. The Hall–Kier alpha value is -2.08. The first-order valence-corrected chi connectivity index (χ1v) is 6.64. The van der Waals surface area contributed by atoms with Crippen LogP contribution in [0.25, 0.3) is 0 Å². The van der Waals surface area contributed by atoms with Crippen LogP contribution in [-0.4, -0.2) is 13.0 Å². The fourth-order valence-corrected chi connectivity index (χ4v) is 2.06. The van der Waals surface area contributed by atoms with E-state index in [1.54, 1.807) is 31.3 Å². The highest BCUT2D eigenvalue weighted by Crippen LogP contribution is 2.27. The summed E-state index contributed by atoms with van der Waals surface area (Å²) in [5.41, 5.74) is 7.53. The molecule has 104 valence electrons. The van der Waals surface area contributed by atoms with Crippen LogP contribution in [-0.2, 0) is 0 Å². The van der Waals surface area contributed by atoms with Crippen molar-refractivity contribution in [2.24, 2.45) is 0 Å².